The molecule has 7 rings (SSSR count). The number of nitrogens with one attached hydrogen (secondary N) is 3. The van der Waals surface area contributed by atoms with E-state index in [-0.39, 0.29) is 36.6 Å². The predicted octanol–water partition coefficient (Wildman–Crippen LogP) is 7.15. The number of fused-ring (bicyclic) bond motifs is 1. The van der Waals surface area contributed by atoms with Crippen molar-refractivity contribution in [3.05, 3.63) is 106 Å². The summed E-state index contributed by atoms with van der Waals surface area (Å²) < 4.78 is 13.0. The van der Waals surface area contributed by atoms with Crippen LogP contribution in [0.1, 0.15) is 55.4 Å². The number of aromatic nitrogens is 6. The van der Waals surface area contributed by atoms with Crippen LogP contribution in [0.25, 0.3) is 39.3 Å². The first-order valence-corrected chi connectivity index (χ1v) is 19.1. The highest BCUT2D eigenvalue weighted by molar-refractivity contribution is 6.39. The van der Waals surface area contributed by atoms with Crippen LogP contribution >= 0.6 is 23.2 Å². The second-order valence-corrected chi connectivity index (χ2v) is 15.3. The van der Waals surface area contributed by atoms with Crippen molar-refractivity contribution >= 4 is 46.8 Å². The number of ether oxygens (including phenoxy) is 2. The molecule has 14 nitrogen and oxygen atoms in total. The van der Waals surface area contributed by atoms with Crippen molar-refractivity contribution in [1.29, 1.82) is 0 Å². The average molecular weight is 811 g/mol. The topological polar surface area (TPSA) is 169 Å². The van der Waals surface area contributed by atoms with Gasteiger partial charge >= 0.3 is 6.09 Å². The summed E-state index contributed by atoms with van der Waals surface area (Å²) in [5.41, 5.74) is 5.40. The summed E-state index contributed by atoms with van der Waals surface area (Å²) in [7, 11) is 1.52. The Bertz CT molecular complexity index is 2450. The van der Waals surface area contributed by atoms with Crippen molar-refractivity contribution < 1.29 is 23.9 Å². The minimum atomic E-state index is -0.708. The van der Waals surface area contributed by atoms with Gasteiger partial charge in [0.15, 0.2) is 5.65 Å². The number of nitrogens with zero attached hydrogens (tertiary/aromatic N) is 6. The fourth-order valence-corrected chi connectivity index (χ4v) is 7.22. The number of carbonyl (C=O) groups excluding carboxylic acids is 3. The molecule has 57 heavy (non-hydrogen) atoms. The van der Waals surface area contributed by atoms with Crippen molar-refractivity contribution in [3.63, 3.8) is 0 Å². The standard InChI is InChI=1S/C41H41Cl2N9O5/c1-41(2,3)57-40(55)51(21-26-12-16-35(53)47-26)20-24-11-13-31(49-39(24)56-4)29-9-5-7-27(36(29)42)28-8-6-10-30(37(28)43)32-14-15-34-48-33(22-52(34)50-32)38(54)45-18-17-25-19-44-23-46-25/h5-11,13-15,19,22-23,26H,12,16-18,20-21H2,1-4H3,(H,44,46)(H,45,54)(H,47,53)/t26-/m0/s1. The van der Waals surface area contributed by atoms with Crippen LogP contribution in [0.4, 0.5) is 4.79 Å². The van der Waals surface area contributed by atoms with Gasteiger partial charge < -0.3 is 30.0 Å². The van der Waals surface area contributed by atoms with E-state index in [2.05, 4.69) is 25.6 Å². The van der Waals surface area contributed by atoms with Gasteiger partial charge in [0.1, 0.15) is 11.3 Å². The van der Waals surface area contributed by atoms with E-state index < -0.39 is 11.7 Å². The van der Waals surface area contributed by atoms with E-state index >= 15 is 0 Å². The maximum Gasteiger partial charge on any atom is 0.410 e. The van der Waals surface area contributed by atoms with Gasteiger partial charge in [-0.1, -0.05) is 59.6 Å². The molecule has 294 valence electrons. The first-order chi connectivity index (χ1) is 27.4. The normalized spacial score (nSPS) is 14.1. The second-order valence-electron chi connectivity index (χ2n) is 14.6. The lowest BCUT2D eigenvalue weighted by molar-refractivity contribution is -0.119. The molecular weight excluding hydrogens is 769 g/mol. The third kappa shape index (κ3) is 9.03. The van der Waals surface area contributed by atoms with Gasteiger partial charge in [0.25, 0.3) is 5.91 Å². The molecule has 4 aromatic heterocycles. The average Bonchev–Trinajstić information content (AvgIpc) is 3.96. The molecule has 0 radical (unpaired) electrons. The zero-order valence-corrected chi connectivity index (χ0v) is 33.3. The second kappa shape index (κ2) is 16.6. The number of aromatic amines is 1. The number of pyridine rings is 1. The number of hydrogen-bond donors (Lipinski definition) is 3. The molecule has 1 saturated heterocycles. The van der Waals surface area contributed by atoms with E-state index in [9.17, 15) is 14.4 Å². The molecule has 2 aromatic carbocycles. The molecule has 6 aromatic rings. The molecule has 1 aliphatic rings. The number of imidazole rings is 2. The van der Waals surface area contributed by atoms with E-state index in [1.165, 1.54) is 7.11 Å². The number of hydrogen-bond acceptors (Lipinski definition) is 9. The lowest BCUT2D eigenvalue weighted by Gasteiger charge is -2.29. The fourth-order valence-electron chi connectivity index (χ4n) is 6.57. The minimum Gasteiger partial charge on any atom is -0.481 e. The lowest BCUT2D eigenvalue weighted by atomic mass is 9.98. The Labute approximate surface area is 338 Å². The van der Waals surface area contributed by atoms with Crippen LogP contribution in [-0.2, 0) is 22.5 Å². The summed E-state index contributed by atoms with van der Waals surface area (Å²) in [4.78, 5) is 55.9. The summed E-state index contributed by atoms with van der Waals surface area (Å²) in [5.74, 6) is -0.0349. The van der Waals surface area contributed by atoms with Crippen LogP contribution < -0.4 is 15.4 Å². The summed E-state index contributed by atoms with van der Waals surface area (Å²) in [5, 5.41) is 11.4. The van der Waals surface area contributed by atoms with Crippen molar-refractivity contribution in [2.75, 3.05) is 20.2 Å². The van der Waals surface area contributed by atoms with Crippen LogP contribution in [0.5, 0.6) is 5.88 Å². The largest absolute Gasteiger partial charge is 0.481 e. The fraction of sp³-hybridized carbons (Fsp3) is 0.293. The van der Waals surface area contributed by atoms with Crippen molar-refractivity contribution in [2.24, 2.45) is 0 Å². The zero-order valence-electron chi connectivity index (χ0n) is 31.8. The molecule has 0 saturated carbocycles. The molecule has 0 spiro atoms. The van der Waals surface area contributed by atoms with Gasteiger partial charge in [0, 0.05) is 71.7 Å². The van der Waals surface area contributed by atoms with Gasteiger partial charge in [-0.2, -0.15) is 5.10 Å². The predicted molar refractivity (Wildman–Crippen MR) is 216 cm³/mol. The Morgan fingerprint density at radius 3 is 2.32 bits per heavy atom. The summed E-state index contributed by atoms with van der Waals surface area (Å²) in [6.45, 7) is 6.26. The number of benzene rings is 2. The van der Waals surface area contributed by atoms with Crippen LogP contribution in [0, 0.1) is 0 Å². The van der Waals surface area contributed by atoms with Crippen LogP contribution in [0.15, 0.2) is 79.4 Å². The van der Waals surface area contributed by atoms with Crippen LogP contribution in [-0.4, -0.2) is 84.2 Å². The number of rotatable bonds is 12. The molecule has 16 heteroatoms. The van der Waals surface area contributed by atoms with Gasteiger partial charge in [-0.3, -0.25) is 9.59 Å². The highest BCUT2D eigenvalue weighted by Crippen LogP contribution is 2.42. The molecular formula is C41H41Cl2N9O5. The van der Waals surface area contributed by atoms with E-state index in [0.717, 1.165) is 5.69 Å². The molecule has 0 unspecified atom stereocenters. The monoisotopic (exact) mass is 809 g/mol. The van der Waals surface area contributed by atoms with Gasteiger partial charge in [-0.25, -0.2) is 24.3 Å². The van der Waals surface area contributed by atoms with Crippen LogP contribution in [0.3, 0.4) is 0 Å². The number of halogens is 2. The molecule has 5 heterocycles. The molecule has 1 fully saturated rings. The maximum absolute atomic E-state index is 13.3. The molecule has 1 atom stereocenters. The Kier molecular flexibility index (Phi) is 11.4. The number of H-pyrrole nitrogens is 1. The quantitative estimate of drug-likeness (QED) is 0.116. The minimum absolute atomic E-state index is 0.0395. The lowest BCUT2D eigenvalue weighted by Crippen LogP contribution is -2.43. The Hall–Kier alpha value is -5.99. The number of amides is 3. The van der Waals surface area contributed by atoms with Gasteiger partial charge in [-0.05, 0) is 51.5 Å². The number of methoxy groups -OCH3 is 1. The van der Waals surface area contributed by atoms with Gasteiger partial charge in [-0.15, -0.1) is 0 Å². The summed E-state index contributed by atoms with van der Waals surface area (Å²) >= 11 is 14.2. The van der Waals surface area contributed by atoms with Gasteiger partial charge in [0.2, 0.25) is 11.8 Å². The Balaban J connectivity index is 1.12. The van der Waals surface area contributed by atoms with Crippen molar-refractivity contribution in [1.82, 2.24) is 45.1 Å². The third-order valence-corrected chi connectivity index (χ3v) is 10.1. The first kappa shape index (κ1) is 39.3. The first-order valence-electron chi connectivity index (χ1n) is 18.4. The maximum atomic E-state index is 13.3. The molecule has 3 N–H and O–H groups in total. The molecule has 0 aliphatic carbocycles. The molecule has 1 aliphatic heterocycles. The summed E-state index contributed by atoms with van der Waals surface area (Å²) in [6, 6.07) is 18.3. The number of carbonyl (C=O) groups is 3. The third-order valence-electron chi connectivity index (χ3n) is 9.30. The molecule has 0 bridgehead atoms. The Morgan fingerprint density at radius 2 is 1.67 bits per heavy atom. The Morgan fingerprint density at radius 1 is 0.965 bits per heavy atom. The highest BCUT2D eigenvalue weighted by Gasteiger charge is 2.29. The van der Waals surface area contributed by atoms with Crippen molar-refractivity contribution in [2.45, 2.75) is 58.2 Å². The van der Waals surface area contributed by atoms with E-state index in [1.54, 1.807) is 61.0 Å². The van der Waals surface area contributed by atoms with E-state index in [1.807, 2.05) is 48.5 Å². The summed E-state index contributed by atoms with van der Waals surface area (Å²) in [6.07, 6.45) is 6.04. The van der Waals surface area contributed by atoms with Gasteiger partial charge in [0.05, 0.1) is 47.6 Å². The highest BCUT2D eigenvalue weighted by atomic mass is 35.5. The van der Waals surface area contributed by atoms with Crippen molar-refractivity contribution in [3.8, 4) is 39.5 Å². The van der Waals surface area contributed by atoms with Crippen LogP contribution in [0.2, 0.25) is 10.0 Å². The SMILES string of the molecule is COc1nc(-c2cccc(-c3cccc(-c4ccc5nc(C(=O)NCCc6cnc[nH]6)cn5n4)c3Cl)c2Cl)ccc1CN(C[C@@H]1CCC(=O)N1)C(=O)OC(C)(C)C. The smallest absolute Gasteiger partial charge is 0.410 e. The van der Waals surface area contributed by atoms with E-state index in [4.69, 9.17) is 42.8 Å². The van der Waals surface area contributed by atoms with E-state index in [0.29, 0.717) is 86.6 Å². The molecule has 3 amide bonds. The zero-order chi connectivity index (χ0) is 40.3.